The number of rotatable bonds is 1. The van der Waals surface area contributed by atoms with Crippen molar-refractivity contribution in [1.82, 2.24) is 0 Å². The van der Waals surface area contributed by atoms with Crippen molar-refractivity contribution in [2.75, 3.05) is 0 Å². The Morgan fingerprint density at radius 1 is 1.27 bits per heavy atom. The predicted octanol–water partition coefficient (Wildman–Crippen LogP) is 1.89. The predicted molar refractivity (Wildman–Crippen MR) is 44.1 cm³/mol. The third-order valence-electron chi connectivity index (χ3n) is 3.13. The van der Waals surface area contributed by atoms with Crippen LogP contribution in [0.5, 0.6) is 0 Å². The summed E-state index contributed by atoms with van der Waals surface area (Å²) in [5.74, 6) is 0. The Balaban J connectivity index is 1.98. The Morgan fingerprint density at radius 2 is 1.82 bits per heavy atom. The van der Waals surface area contributed by atoms with Crippen molar-refractivity contribution in [2.45, 2.75) is 37.4 Å². The van der Waals surface area contributed by atoms with Crippen LogP contribution in [-0.2, 0) is 9.05 Å². The van der Waals surface area contributed by atoms with Crippen molar-refractivity contribution < 1.29 is 8.42 Å². The van der Waals surface area contributed by atoms with Crippen molar-refractivity contribution in [3.05, 3.63) is 0 Å². The first-order valence-electron chi connectivity index (χ1n) is 3.95. The minimum absolute atomic E-state index is 0.232. The van der Waals surface area contributed by atoms with Crippen LogP contribution < -0.4 is 0 Å². The van der Waals surface area contributed by atoms with Crippen molar-refractivity contribution >= 4 is 19.7 Å². The third-order valence-corrected chi connectivity index (χ3v) is 5.02. The number of hydrogen-bond acceptors (Lipinski definition) is 2. The van der Waals surface area contributed by atoms with Gasteiger partial charge in [0.25, 0.3) is 0 Å². The molecule has 2 nitrogen and oxygen atoms in total. The highest BCUT2D eigenvalue weighted by Crippen LogP contribution is 2.58. The molecule has 0 aromatic rings. The first-order chi connectivity index (χ1) is 5.02. The highest BCUT2D eigenvalue weighted by Gasteiger charge is 2.52. The molecule has 2 fully saturated rings. The van der Waals surface area contributed by atoms with Crippen molar-refractivity contribution in [2.24, 2.45) is 5.41 Å². The molecule has 0 aliphatic heterocycles. The van der Waals surface area contributed by atoms with Gasteiger partial charge in [0.15, 0.2) is 0 Å². The number of halogens is 1. The van der Waals surface area contributed by atoms with Gasteiger partial charge in [-0.3, -0.25) is 0 Å². The first-order valence-corrected chi connectivity index (χ1v) is 6.33. The fraction of sp³-hybridized carbons (Fsp3) is 1.00. The van der Waals surface area contributed by atoms with Crippen LogP contribution in [0.3, 0.4) is 0 Å². The lowest BCUT2D eigenvalue weighted by Gasteiger charge is -2.52. The third kappa shape index (κ3) is 1.18. The molecule has 1 spiro atoms. The summed E-state index contributed by atoms with van der Waals surface area (Å²) in [6.07, 6.45) is 5.35. The van der Waals surface area contributed by atoms with Crippen LogP contribution in [0.15, 0.2) is 0 Å². The van der Waals surface area contributed by atoms with E-state index in [1.165, 1.54) is 19.3 Å². The molecule has 0 N–H and O–H groups in total. The Hall–Kier alpha value is 0.240. The van der Waals surface area contributed by atoms with Gasteiger partial charge < -0.3 is 0 Å². The molecule has 2 aliphatic rings. The molecule has 2 saturated carbocycles. The van der Waals surface area contributed by atoms with E-state index in [2.05, 4.69) is 0 Å². The zero-order valence-electron chi connectivity index (χ0n) is 6.22. The van der Waals surface area contributed by atoms with E-state index in [-0.39, 0.29) is 5.25 Å². The molecular formula is C7H11ClO2S. The standard InChI is InChI=1S/C7H11ClO2S/c8-11(9,10)6-4-7(5-6)2-1-3-7/h6H,1-5H2. The van der Waals surface area contributed by atoms with E-state index in [1.54, 1.807) is 0 Å². The molecule has 11 heavy (non-hydrogen) atoms. The van der Waals surface area contributed by atoms with Gasteiger partial charge in [-0.2, -0.15) is 0 Å². The zero-order chi connectivity index (χ0) is 8.11. The van der Waals surface area contributed by atoms with Crippen LogP contribution in [0, 0.1) is 5.41 Å². The van der Waals surface area contributed by atoms with Gasteiger partial charge in [0.2, 0.25) is 9.05 Å². The average Bonchev–Trinajstić information content (AvgIpc) is 1.49. The largest absolute Gasteiger partial charge is 0.235 e. The smallest absolute Gasteiger partial charge is 0.212 e. The zero-order valence-corrected chi connectivity index (χ0v) is 7.79. The van der Waals surface area contributed by atoms with Crippen LogP contribution >= 0.6 is 10.7 Å². The summed E-state index contributed by atoms with van der Waals surface area (Å²) < 4.78 is 21.6. The summed E-state index contributed by atoms with van der Waals surface area (Å²) in [7, 11) is 1.97. The van der Waals surface area contributed by atoms with Gasteiger partial charge in [-0.25, -0.2) is 8.42 Å². The average molecular weight is 195 g/mol. The van der Waals surface area contributed by atoms with Crippen molar-refractivity contribution in [1.29, 1.82) is 0 Å². The first kappa shape index (κ1) is 7.87. The maximum Gasteiger partial charge on any atom is 0.235 e. The summed E-state index contributed by atoms with van der Waals surface area (Å²) in [6, 6.07) is 0. The molecule has 0 unspecified atom stereocenters. The molecule has 4 heteroatoms. The van der Waals surface area contributed by atoms with E-state index in [1.807, 2.05) is 0 Å². The van der Waals surface area contributed by atoms with E-state index >= 15 is 0 Å². The molecule has 0 atom stereocenters. The molecule has 2 rings (SSSR count). The molecule has 0 amide bonds. The maximum atomic E-state index is 10.8. The summed E-state index contributed by atoms with van der Waals surface area (Å²) in [6.45, 7) is 0. The normalized spacial score (nSPS) is 29.5. The summed E-state index contributed by atoms with van der Waals surface area (Å²) in [4.78, 5) is 0. The van der Waals surface area contributed by atoms with Gasteiger partial charge in [0.1, 0.15) is 0 Å². The molecule has 0 radical (unpaired) electrons. The summed E-state index contributed by atoms with van der Waals surface area (Å²) in [5, 5.41) is -0.232. The van der Waals surface area contributed by atoms with E-state index in [4.69, 9.17) is 10.7 Å². The van der Waals surface area contributed by atoms with Crippen LogP contribution in [0.2, 0.25) is 0 Å². The molecule has 0 heterocycles. The maximum absolute atomic E-state index is 10.8. The molecule has 0 aromatic carbocycles. The minimum Gasteiger partial charge on any atom is -0.212 e. The van der Waals surface area contributed by atoms with E-state index in [0.717, 1.165) is 12.8 Å². The lowest BCUT2D eigenvalue weighted by Crippen LogP contribution is -2.47. The Morgan fingerprint density at radius 3 is 2.09 bits per heavy atom. The molecule has 2 aliphatic carbocycles. The summed E-state index contributed by atoms with van der Waals surface area (Å²) >= 11 is 0. The van der Waals surface area contributed by atoms with Gasteiger partial charge in [0.05, 0.1) is 5.25 Å². The van der Waals surface area contributed by atoms with Gasteiger partial charge in [0, 0.05) is 10.7 Å². The minimum atomic E-state index is -3.24. The lowest BCUT2D eigenvalue weighted by atomic mass is 9.56. The molecule has 64 valence electrons. The van der Waals surface area contributed by atoms with Crippen molar-refractivity contribution in [3.8, 4) is 0 Å². The van der Waals surface area contributed by atoms with Crippen LogP contribution in [-0.4, -0.2) is 13.7 Å². The van der Waals surface area contributed by atoms with Crippen LogP contribution in [0.1, 0.15) is 32.1 Å². The van der Waals surface area contributed by atoms with Crippen LogP contribution in [0.25, 0.3) is 0 Å². The lowest BCUT2D eigenvalue weighted by molar-refractivity contribution is 0.0358. The van der Waals surface area contributed by atoms with E-state index < -0.39 is 9.05 Å². The monoisotopic (exact) mass is 194 g/mol. The van der Waals surface area contributed by atoms with E-state index in [0.29, 0.717) is 5.41 Å². The summed E-state index contributed by atoms with van der Waals surface area (Å²) in [5.41, 5.74) is 0.409. The molecular weight excluding hydrogens is 184 g/mol. The Bertz CT molecular complexity index is 258. The van der Waals surface area contributed by atoms with Crippen LogP contribution in [0.4, 0.5) is 0 Å². The van der Waals surface area contributed by atoms with Gasteiger partial charge in [-0.05, 0) is 31.1 Å². The second-order valence-electron chi connectivity index (χ2n) is 3.86. The molecule has 0 saturated heterocycles. The SMILES string of the molecule is O=S(=O)(Cl)C1CC2(CCC2)C1. The van der Waals surface area contributed by atoms with Gasteiger partial charge >= 0.3 is 0 Å². The highest BCUT2D eigenvalue weighted by atomic mass is 35.7. The van der Waals surface area contributed by atoms with Gasteiger partial charge in [-0.15, -0.1) is 0 Å². The fourth-order valence-electron chi connectivity index (χ4n) is 2.19. The van der Waals surface area contributed by atoms with Gasteiger partial charge in [-0.1, -0.05) is 6.42 Å². The Labute approximate surface area is 71.3 Å². The van der Waals surface area contributed by atoms with E-state index in [9.17, 15) is 8.42 Å². The fourth-order valence-corrected chi connectivity index (χ4v) is 3.67. The quantitative estimate of drug-likeness (QED) is 0.598. The molecule has 0 aromatic heterocycles. The Kier molecular flexibility index (Phi) is 1.53. The topological polar surface area (TPSA) is 34.1 Å². The highest BCUT2D eigenvalue weighted by molar-refractivity contribution is 8.14. The number of hydrogen-bond donors (Lipinski definition) is 0. The van der Waals surface area contributed by atoms with Crippen molar-refractivity contribution in [3.63, 3.8) is 0 Å². The second-order valence-corrected chi connectivity index (χ2v) is 6.77. The molecule has 0 bridgehead atoms. The second kappa shape index (κ2) is 2.13.